The summed E-state index contributed by atoms with van der Waals surface area (Å²) in [7, 11) is -14.4. The number of ether oxygens (including phenoxy) is 1. The number of aryl methyl sites for hydroxylation is 1. The molecule has 7 N–H and O–H groups in total. The second kappa shape index (κ2) is 15.9. The first kappa shape index (κ1) is 44.4. The van der Waals surface area contributed by atoms with Crippen molar-refractivity contribution in [2.75, 3.05) is 17.2 Å². The van der Waals surface area contributed by atoms with Gasteiger partial charge < -0.3 is 30.2 Å². The number of aromatic nitrogens is 1. The van der Waals surface area contributed by atoms with E-state index in [2.05, 4.69) is 10.6 Å². The van der Waals surface area contributed by atoms with Gasteiger partial charge >= 0.3 is 11.9 Å². The Labute approximate surface area is 359 Å². The third-order valence-electron chi connectivity index (χ3n) is 9.80. The maximum Gasteiger partial charge on any atom is 0.335 e. The SMILES string of the molecule is Cn1c(=O)c(C(=O)c2cccc(S(=O)(=O)O)c2)c2c3c(c(Nc4cc(NC(=O)COc5cc(C(=O)O)cc(C(=O)O)c5)c(S(=O)(=O)O)cc4S(=O)(=O)O)ccc31)C(=O)c1ccccc1-2. The van der Waals surface area contributed by atoms with Crippen molar-refractivity contribution in [2.45, 2.75) is 14.7 Å². The minimum absolute atomic E-state index is 0.0562. The van der Waals surface area contributed by atoms with Gasteiger partial charge in [-0.3, -0.25) is 32.8 Å². The van der Waals surface area contributed by atoms with Crippen molar-refractivity contribution in [3.63, 3.8) is 0 Å². The fourth-order valence-corrected chi connectivity index (χ4v) is 8.93. The summed E-state index contributed by atoms with van der Waals surface area (Å²) < 4.78 is 111. The van der Waals surface area contributed by atoms with E-state index in [1.807, 2.05) is 0 Å². The normalized spacial score (nSPS) is 12.3. The maximum atomic E-state index is 14.5. The standard InChI is InChI=1S/C40H27N3O18S3/c1-43-28-10-9-25(33-34(28)32(23-7-2-3-8-24(23)37(33)46)35(38(43)47)36(45)18-5-4-6-22(14-18)62(52,53)54)41-26-15-27(30(64(58,59)60)16-29(26)63(55,56)57)42-31(44)17-61-21-12-19(39(48)49)11-20(13-21)40(50)51/h2-16,41H,17H2,1H3,(H,42,44)(H,48,49)(H,50,51)(H,52,53,54)(H,55,56,57)(H,58,59,60). The molecule has 6 aromatic rings. The van der Waals surface area contributed by atoms with E-state index in [1.54, 1.807) is 0 Å². The van der Waals surface area contributed by atoms with E-state index < -0.39 is 120 Å². The van der Waals surface area contributed by atoms with Crippen LogP contribution < -0.4 is 20.9 Å². The van der Waals surface area contributed by atoms with Crippen LogP contribution in [0.4, 0.5) is 17.1 Å². The van der Waals surface area contributed by atoms with Crippen LogP contribution in [0.2, 0.25) is 0 Å². The van der Waals surface area contributed by atoms with Gasteiger partial charge in [0, 0.05) is 29.1 Å². The summed E-state index contributed by atoms with van der Waals surface area (Å²) in [5, 5.41) is 23.4. The van der Waals surface area contributed by atoms with Gasteiger partial charge in [-0.25, -0.2) is 9.59 Å². The van der Waals surface area contributed by atoms with Crippen LogP contribution in [0.25, 0.3) is 22.0 Å². The highest BCUT2D eigenvalue weighted by atomic mass is 32.2. The Morgan fingerprint density at radius 2 is 1.25 bits per heavy atom. The summed E-state index contributed by atoms with van der Waals surface area (Å²) >= 11 is 0. The molecule has 0 radical (unpaired) electrons. The monoisotopic (exact) mass is 933 g/mol. The molecule has 1 aromatic heterocycles. The van der Waals surface area contributed by atoms with Crippen LogP contribution in [0.5, 0.6) is 5.75 Å². The van der Waals surface area contributed by atoms with E-state index in [9.17, 15) is 77.9 Å². The molecule has 0 atom stereocenters. The summed E-state index contributed by atoms with van der Waals surface area (Å²) in [6.07, 6.45) is 0. The van der Waals surface area contributed by atoms with Crippen LogP contribution in [0.3, 0.4) is 0 Å². The molecule has 0 bridgehead atoms. The molecule has 1 aliphatic rings. The number of amides is 1. The Kier molecular flexibility index (Phi) is 11.1. The lowest BCUT2D eigenvalue weighted by atomic mass is 9.80. The molecular formula is C40H27N3O18S3. The number of carbonyl (C=O) groups is 5. The largest absolute Gasteiger partial charge is 0.484 e. The number of pyridine rings is 1. The lowest BCUT2D eigenvalue weighted by Crippen LogP contribution is -2.29. The molecule has 328 valence electrons. The molecule has 0 aliphatic heterocycles. The van der Waals surface area contributed by atoms with Gasteiger partial charge in [0.2, 0.25) is 0 Å². The Morgan fingerprint density at radius 1 is 0.641 bits per heavy atom. The number of nitrogens with one attached hydrogen (secondary N) is 2. The number of rotatable bonds is 13. The van der Waals surface area contributed by atoms with E-state index in [0.717, 1.165) is 41.0 Å². The number of benzene rings is 5. The molecule has 5 aromatic carbocycles. The first-order valence-corrected chi connectivity index (χ1v) is 22.1. The van der Waals surface area contributed by atoms with Crippen LogP contribution in [-0.4, -0.2) is 89.7 Å². The van der Waals surface area contributed by atoms with Crippen LogP contribution in [0, 0.1) is 0 Å². The molecule has 0 saturated heterocycles. The number of fused-ring (bicyclic) bond motifs is 2. The quantitative estimate of drug-likeness (QED) is 0.0637. The molecule has 7 rings (SSSR count). The number of carbonyl (C=O) groups excluding carboxylic acids is 3. The molecule has 0 unspecified atom stereocenters. The average Bonchev–Trinajstić information content (AvgIpc) is 3.22. The van der Waals surface area contributed by atoms with Gasteiger partial charge in [-0.1, -0.05) is 36.4 Å². The average molecular weight is 934 g/mol. The Bertz CT molecular complexity index is 3490. The first-order valence-electron chi connectivity index (χ1n) is 17.8. The molecule has 64 heavy (non-hydrogen) atoms. The second-order valence-electron chi connectivity index (χ2n) is 13.8. The topological polar surface area (TPSA) is 344 Å². The number of aromatic carboxylic acids is 2. The molecule has 1 heterocycles. The van der Waals surface area contributed by atoms with Gasteiger partial charge in [-0.15, -0.1) is 0 Å². The highest BCUT2D eigenvalue weighted by molar-refractivity contribution is 7.87. The Balaban J connectivity index is 1.39. The summed E-state index contributed by atoms with van der Waals surface area (Å²) in [6.45, 7) is -1.05. The summed E-state index contributed by atoms with van der Waals surface area (Å²) in [5.41, 5.74) is -5.02. The fourth-order valence-electron chi connectivity index (χ4n) is 7.02. The number of carboxylic acid groups (broad SMARTS) is 2. The van der Waals surface area contributed by atoms with Gasteiger partial charge in [0.15, 0.2) is 18.2 Å². The first-order chi connectivity index (χ1) is 29.9. The lowest BCUT2D eigenvalue weighted by molar-refractivity contribution is -0.118. The smallest absolute Gasteiger partial charge is 0.335 e. The summed E-state index contributed by atoms with van der Waals surface area (Å²) in [4.78, 5) is 75.9. The highest BCUT2D eigenvalue weighted by Crippen LogP contribution is 2.45. The van der Waals surface area contributed by atoms with Gasteiger partial charge in [0.05, 0.1) is 49.7 Å². The van der Waals surface area contributed by atoms with Crippen LogP contribution in [-0.2, 0) is 42.2 Å². The molecule has 0 saturated carbocycles. The zero-order chi connectivity index (χ0) is 46.8. The van der Waals surface area contributed by atoms with E-state index in [-0.39, 0.29) is 50.5 Å². The van der Waals surface area contributed by atoms with Crippen molar-refractivity contribution in [3.05, 3.63) is 135 Å². The highest BCUT2D eigenvalue weighted by Gasteiger charge is 2.35. The van der Waals surface area contributed by atoms with E-state index in [0.29, 0.717) is 6.07 Å². The molecule has 0 spiro atoms. The van der Waals surface area contributed by atoms with Crippen molar-refractivity contribution in [3.8, 4) is 16.9 Å². The van der Waals surface area contributed by atoms with Crippen molar-refractivity contribution >= 4 is 87.7 Å². The molecule has 24 heteroatoms. The number of ketones is 2. The van der Waals surface area contributed by atoms with E-state index in [4.69, 9.17) is 4.74 Å². The third kappa shape index (κ3) is 8.21. The Morgan fingerprint density at radius 3 is 1.84 bits per heavy atom. The van der Waals surface area contributed by atoms with E-state index in [1.165, 1.54) is 49.5 Å². The fraction of sp³-hybridized carbons (Fsp3) is 0.0500. The molecule has 1 aliphatic carbocycles. The molecule has 0 fully saturated rings. The van der Waals surface area contributed by atoms with Crippen molar-refractivity contribution in [2.24, 2.45) is 7.05 Å². The van der Waals surface area contributed by atoms with Gasteiger partial charge in [-0.05, 0) is 60.2 Å². The zero-order valence-electron chi connectivity index (χ0n) is 32.1. The predicted octanol–water partition coefficient (Wildman–Crippen LogP) is 3.88. The number of nitrogens with zero attached hydrogens (tertiary/aromatic N) is 1. The van der Waals surface area contributed by atoms with Crippen LogP contribution >= 0.6 is 0 Å². The Hall–Kier alpha value is -7.61. The maximum absolute atomic E-state index is 14.5. The summed E-state index contributed by atoms with van der Waals surface area (Å²) in [5.74, 6) is -6.51. The third-order valence-corrected chi connectivity index (χ3v) is 12.4. The van der Waals surface area contributed by atoms with Gasteiger partial charge in [0.1, 0.15) is 15.5 Å². The minimum Gasteiger partial charge on any atom is -0.484 e. The lowest BCUT2D eigenvalue weighted by Gasteiger charge is -2.26. The number of hydrogen-bond donors (Lipinski definition) is 7. The zero-order valence-corrected chi connectivity index (χ0v) is 34.5. The molecular weight excluding hydrogens is 907 g/mol. The van der Waals surface area contributed by atoms with Crippen LogP contribution in [0.15, 0.2) is 110 Å². The number of carboxylic acids is 2. The molecule has 1 amide bonds. The minimum atomic E-state index is -5.45. The predicted molar refractivity (Wildman–Crippen MR) is 222 cm³/mol. The van der Waals surface area contributed by atoms with Crippen molar-refractivity contribution in [1.29, 1.82) is 0 Å². The van der Waals surface area contributed by atoms with Gasteiger partial charge in [-0.2, -0.15) is 25.3 Å². The summed E-state index contributed by atoms with van der Waals surface area (Å²) in [6, 6.07) is 16.0. The van der Waals surface area contributed by atoms with Crippen LogP contribution in [0.1, 0.15) is 52.6 Å². The number of anilines is 3. The molecule has 21 nitrogen and oxygen atoms in total. The van der Waals surface area contributed by atoms with Gasteiger partial charge in [0.25, 0.3) is 41.8 Å². The van der Waals surface area contributed by atoms with Crippen molar-refractivity contribution < 1.29 is 77.8 Å². The van der Waals surface area contributed by atoms with E-state index >= 15 is 0 Å². The number of hydrogen-bond acceptors (Lipinski definition) is 14. The second-order valence-corrected chi connectivity index (χ2v) is 18.0. The van der Waals surface area contributed by atoms with Crippen molar-refractivity contribution in [1.82, 2.24) is 4.57 Å².